The molecule has 5 heterocycles. The summed E-state index contributed by atoms with van der Waals surface area (Å²) in [6.45, 7) is 1.81. The minimum absolute atomic E-state index is 0.0866. The highest BCUT2D eigenvalue weighted by atomic mass is 16.5. The summed E-state index contributed by atoms with van der Waals surface area (Å²) in [7, 11) is 1.28. The molecule has 0 spiro atoms. The van der Waals surface area contributed by atoms with E-state index in [1.54, 1.807) is 23.2 Å². The summed E-state index contributed by atoms with van der Waals surface area (Å²) in [5.41, 5.74) is 8.69. The number of methoxy groups -OCH3 is 1. The lowest BCUT2D eigenvalue weighted by Gasteiger charge is -2.31. The number of imidazole rings is 2. The summed E-state index contributed by atoms with van der Waals surface area (Å²) in [6.07, 6.45) is 6.94. The van der Waals surface area contributed by atoms with Crippen molar-refractivity contribution in [2.75, 3.05) is 20.2 Å². The quantitative estimate of drug-likeness (QED) is 0.105. The molecule has 9 rings (SSSR count). The number of aromatic hydroxyl groups is 1. The first kappa shape index (κ1) is 37.8. The van der Waals surface area contributed by atoms with Crippen molar-refractivity contribution in [3.8, 4) is 39.4 Å². The summed E-state index contributed by atoms with van der Waals surface area (Å²) < 4.78 is 4.83. The number of aromatic amines is 2. The fraction of sp³-hybridized carbons (Fsp3) is 0.283. The lowest BCUT2D eigenvalue weighted by molar-refractivity contribution is -0.135. The van der Waals surface area contributed by atoms with E-state index in [1.807, 2.05) is 47.5 Å². The molecule has 3 aliphatic rings. The lowest BCUT2D eigenvalue weighted by atomic mass is 9.94. The maximum absolute atomic E-state index is 13.9. The van der Waals surface area contributed by atoms with Crippen molar-refractivity contribution in [3.63, 3.8) is 0 Å². The van der Waals surface area contributed by atoms with Crippen LogP contribution < -0.4 is 10.6 Å². The molecule has 300 valence electrons. The van der Waals surface area contributed by atoms with E-state index in [2.05, 4.69) is 69.1 Å². The topological polar surface area (TPSA) is 169 Å². The smallest absolute Gasteiger partial charge is 0.407 e. The molecule has 13 nitrogen and oxygen atoms in total. The SMILES string of the molecule is COC(=O)N[C@@H](C(=O)N1CCC[C@H]1c1ncc(-c2ccc(-c3ccc(-c4cnc([C@@H]5CCCN5C(=O)[C@@H]5Cc6ccc(O)cc6CN5)[nH]4)cc3)cc2)[nH]1)c1ccccc1. The molecule has 2 fully saturated rings. The molecule has 3 aliphatic heterocycles. The molecule has 3 amide bonds. The average molecular weight is 791 g/mol. The molecule has 2 aromatic heterocycles. The molecular weight excluding hydrogens is 745 g/mol. The molecule has 5 N–H and O–H groups in total. The lowest BCUT2D eigenvalue weighted by Crippen LogP contribution is -2.49. The van der Waals surface area contributed by atoms with E-state index in [4.69, 9.17) is 14.7 Å². The number of H-pyrrole nitrogens is 2. The maximum Gasteiger partial charge on any atom is 0.407 e. The van der Waals surface area contributed by atoms with Gasteiger partial charge < -0.3 is 40.2 Å². The maximum atomic E-state index is 13.9. The number of hydrogen-bond donors (Lipinski definition) is 5. The van der Waals surface area contributed by atoms with Crippen LogP contribution in [0.15, 0.2) is 109 Å². The van der Waals surface area contributed by atoms with Crippen LogP contribution in [0.5, 0.6) is 5.75 Å². The fourth-order valence-electron chi connectivity index (χ4n) is 8.77. The summed E-state index contributed by atoms with van der Waals surface area (Å²) in [4.78, 5) is 60.0. The zero-order valence-electron chi connectivity index (χ0n) is 32.7. The van der Waals surface area contributed by atoms with Crippen LogP contribution in [0.2, 0.25) is 0 Å². The third-order valence-corrected chi connectivity index (χ3v) is 11.9. The molecule has 0 saturated carbocycles. The number of amides is 3. The largest absolute Gasteiger partial charge is 0.508 e. The van der Waals surface area contributed by atoms with Crippen molar-refractivity contribution in [3.05, 3.63) is 138 Å². The van der Waals surface area contributed by atoms with Crippen LogP contribution in [0.3, 0.4) is 0 Å². The first-order valence-corrected chi connectivity index (χ1v) is 20.2. The minimum Gasteiger partial charge on any atom is -0.508 e. The molecule has 0 aliphatic carbocycles. The van der Waals surface area contributed by atoms with Gasteiger partial charge in [-0.2, -0.15) is 0 Å². The van der Waals surface area contributed by atoms with Crippen molar-refractivity contribution in [2.45, 2.75) is 62.8 Å². The van der Waals surface area contributed by atoms with Gasteiger partial charge in [-0.15, -0.1) is 0 Å². The second-order valence-electron chi connectivity index (χ2n) is 15.5. The van der Waals surface area contributed by atoms with E-state index < -0.39 is 12.1 Å². The van der Waals surface area contributed by atoms with E-state index in [9.17, 15) is 19.5 Å². The summed E-state index contributed by atoms with van der Waals surface area (Å²) in [5, 5.41) is 15.9. The van der Waals surface area contributed by atoms with Gasteiger partial charge in [0.25, 0.3) is 5.91 Å². The first-order valence-electron chi connectivity index (χ1n) is 20.2. The number of carbonyl (C=O) groups excluding carboxylic acids is 3. The molecule has 4 atom stereocenters. The molecule has 4 aromatic carbocycles. The molecule has 2 saturated heterocycles. The average Bonchev–Trinajstić information content (AvgIpc) is 4.13. The first-order chi connectivity index (χ1) is 28.8. The van der Waals surface area contributed by atoms with Crippen molar-refractivity contribution in [1.29, 1.82) is 0 Å². The van der Waals surface area contributed by atoms with E-state index in [1.165, 1.54) is 7.11 Å². The van der Waals surface area contributed by atoms with Crippen LogP contribution in [-0.4, -0.2) is 79.0 Å². The monoisotopic (exact) mass is 790 g/mol. The van der Waals surface area contributed by atoms with Crippen molar-refractivity contribution >= 4 is 17.9 Å². The predicted octanol–water partition coefficient (Wildman–Crippen LogP) is 6.98. The third kappa shape index (κ3) is 7.68. The standard InChI is InChI=1S/C46H46N8O5/c1-59-46(58)52-41(32-7-3-2-4-8-32)45(57)54-22-6-10-40(54)43-49-27-38(51-43)31-17-13-29(14-18-31)28-11-15-30(16-12-28)37-26-48-42(50-37)39-9-5-21-53(39)44(56)36-24-33-19-20-35(55)23-34(33)25-47-36/h2-4,7-8,11-20,23,26-27,36,39-41,47,55H,5-6,9-10,21-22,24-25H2,1H3,(H,48,50)(H,49,51)(H,52,58)/t36-,39-,40-,41+/m0/s1. The molecule has 59 heavy (non-hydrogen) atoms. The zero-order valence-corrected chi connectivity index (χ0v) is 32.7. The third-order valence-electron chi connectivity index (χ3n) is 11.9. The zero-order chi connectivity index (χ0) is 40.5. The van der Waals surface area contributed by atoms with Gasteiger partial charge in [-0.3, -0.25) is 9.59 Å². The Morgan fingerprint density at radius 1 is 0.746 bits per heavy atom. The van der Waals surface area contributed by atoms with Crippen molar-refractivity contribution < 1.29 is 24.2 Å². The number of phenolic OH excluding ortho intramolecular Hbond substituents is 1. The predicted molar refractivity (Wildman–Crippen MR) is 222 cm³/mol. The molecule has 0 radical (unpaired) electrons. The number of hydrogen-bond acceptors (Lipinski definition) is 8. The second kappa shape index (κ2) is 16.3. The molecule has 0 bridgehead atoms. The number of nitrogens with zero attached hydrogens (tertiary/aromatic N) is 4. The highest BCUT2D eigenvalue weighted by molar-refractivity contribution is 5.87. The van der Waals surface area contributed by atoms with Gasteiger partial charge in [0.2, 0.25) is 5.91 Å². The van der Waals surface area contributed by atoms with E-state index in [0.717, 1.165) is 76.3 Å². The number of alkyl carbamates (subject to hydrolysis) is 1. The fourth-order valence-corrected chi connectivity index (χ4v) is 8.77. The van der Waals surface area contributed by atoms with E-state index in [0.29, 0.717) is 37.4 Å². The summed E-state index contributed by atoms with van der Waals surface area (Å²) in [5.74, 6) is 1.63. The van der Waals surface area contributed by atoms with E-state index in [-0.39, 0.29) is 35.7 Å². The molecule has 13 heteroatoms. The number of benzene rings is 4. The minimum atomic E-state index is -0.875. The van der Waals surface area contributed by atoms with Gasteiger partial charge >= 0.3 is 6.09 Å². The number of carbonyl (C=O) groups is 3. The number of nitrogens with one attached hydrogen (secondary N) is 4. The van der Waals surface area contributed by atoms with Crippen LogP contribution in [0.25, 0.3) is 33.6 Å². The number of aromatic nitrogens is 4. The van der Waals surface area contributed by atoms with Gasteiger partial charge in [0.15, 0.2) is 0 Å². The second-order valence-corrected chi connectivity index (χ2v) is 15.5. The molecule has 0 unspecified atom stereocenters. The van der Waals surface area contributed by atoms with Gasteiger partial charge in [0, 0.05) is 19.6 Å². The van der Waals surface area contributed by atoms with Gasteiger partial charge in [-0.05, 0) is 83.2 Å². The Morgan fingerprint density at radius 3 is 1.93 bits per heavy atom. The summed E-state index contributed by atoms with van der Waals surface area (Å²) in [6, 6.07) is 29.7. The van der Waals surface area contributed by atoms with Crippen LogP contribution in [0.1, 0.15) is 72.1 Å². The van der Waals surface area contributed by atoms with Gasteiger partial charge in [0.05, 0.1) is 49.0 Å². The Labute approximate surface area is 341 Å². The Hall–Kier alpha value is -6.73. The Balaban J connectivity index is 0.844. The van der Waals surface area contributed by atoms with Gasteiger partial charge in [0.1, 0.15) is 23.4 Å². The van der Waals surface area contributed by atoms with Crippen LogP contribution in [0.4, 0.5) is 4.79 Å². The molecular formula is C46H46N8O5. The van der Waals surface area contributed by atoms with Crippen molar-refractivity contribution in [1.82, 2.24) is 40.4 Å². The van der Waals surface area contributed by atoms with Gasteiger partial charge in [-0.25, -0.2) is 14.8 Å². The highest BCUT2D eigenvalue weighted by Gasteiger charge is 2.38. The van der Waals surface area contributed by atoms with E-state index >= 15 is 0 Å². The summed E-state index contributed by atoms with van der Waals surface area (Å²) >= 11 is 0. The Kier molecular flexibility index (Phi) is 10.4. The number of fused-ring (bicyclic) bond motifs is 1. The Morgan fingerprint density at radius 2 is 1.32 bits per heavy atom. The Bertz CT molecular complexity index is 2460. The van der Waals surface area contributed by atoms with Crippen molar-refractivity contribution in [2.24, 2.45) is 0 Å². The van der Waals surface area contributed by atoms with Crippen LogP contribution in [0, 0.1) is 0 Å². The molecule has 6 aromatic rings. The number of phenols is 1. The van der Waals surface area contributed by atoms with Crippen LogP contribution >= 0.6 is 0 Å². The number of ether oxygens (including phenoxy) is 1. The number of rotatable bonds is 9. The van der Waals surface area contributed by atoms with Gasteiger partial charge in [-0.1, -0.05) is 84.9 Å². The normalized spacial score (nSPS) is 19.3. The van der Waals surface area contributed by atoms with Crippen LogP contribution in [-0.2, 0) is 27.3 Å². The number of likely N-dealkylation sites (tertiary alicyclic amines) is 2. The highest BCUT2D eigenvalue weighted by Crippen LogP contribution is 2.36.